The molecule has 19 atom stereocenters. The number of rotatable bonds is 23. The van der Waals surface area contributed by atoms with Crippen LogP contribution in [0.25, 0.3) is 14.5 Å². The maximum absolute atomic E-state index is 12.9. The van der Waals surface area contributed by atoms with Gasteiger partial charge in [-0.3, -0.25) is 43.6 Å². The van der Waals surface area contributed by atoms with E-state index in [1.54, 1.807) is 76.6 Å². The highest BCUT2D eigenvalue weighted by Crippen LogP contribution is 2.50. The third-order valence-corrected chi connectivity index (χ3v) is 28.3. The number of carbonyl (C=O) groups is 11. The molecule has 134 heavy (non-hydrogen) atoms. The number of fused-ring (bicyclic) bond motifs is 4. The molecule has 0 radical (unpaired) electrons. The predicted molar refractivity (Wildman–Crippen MR) is 496 cm³/mol. The molecule has 0 aromatic heterocycles. The quantitative estimate of drug-likeness (QED) is 0.0432. The number of carboxylic acid groups (broad SMARTS) is 4. The number of hydrogen-bond acceptors (Lipinski definition) is 19. The Hall–Kier alpha value is -11.6. The van der Waals surface area contributed by atoms with Crippen LogP contribution in [0.4, 0.5) is 19.2 Å². The lowest BCUT2D eigenvalue weighted by Crippen LogP contribution is -2.51. The Morgan fingerprint density at radius 1 is 0.343 bits per heavy atom. The van der Waals surface area contributed by atoms with Crippen LogP contribution in [-0.4, -0.2) is 374 Å². The van der Waals surface area contributed by atoms with Gasteiger partial charge in [-0.15, -0.1) is 0 Å². The summed E-state index contributed by atoms with van der Waals surface area (Å²) in [5.41, 5.74) is 11.2. The second-order valence-electron chi connectivity index (χ2n) is 39.1. The van der Waals surface area contributed by atoms with Gasteiger partial charge in [0.15, 0.2) is 24.4 Å². The average Bonchev–Trinajstić information content (AvgIpc) is 1.63. The third-order valence-electron chi connectivity index (χ3n) is 28.3. The fraction of sp³-hybridized carbons (Fsp3) is 0.608. The van der Waals surface area contributed by atoms with Gasteiger partial charge in [0.2, 0.25) is 17.7 Å². The lowest BCUT2D eigenvalue weighted by molar-refractivity contribution is -0.165. The minimum absolute atomic E-state index is 0.0346. The molecule has 13 N–H and O–H groups in total. The molecule has 11 fully saturated rings. The Bertz CT molecular complexity index is 4340. The van der Waals surface area contributed by atoms with Crippen molar-refractivity contribution in [2.75, 3.05) is 148 Å². The van der Waals surface area contributed by atoms with E-state index in [9.17, 15) is 52.7 Å². The number of carboxylic acids is 4. The Balaban J connectivity index is 0.000000174. The van der Waals surface area contributed by atoms with Crippen LogP contribution in [0.1, 0.15) is 112 Å². The summed E-state index contributed by atoms with van der Waals surface area (Å²) < 4.78 is 0. The number of carbonyl (C=O) groups excluding carboxylic acids is 7. The lowest BCUT2D eigenvalue weighted by atomic mass is 9.87. The number of nitrogens with one attached hydrogen (secondary N) is 3. The number of aliphatic hydroxyl groups is 4. The number of nitrogens with zero attached hydrogens (tertiary/aromatic N) is 14. The monoisotopic (exact) mass is 1860 g/mol. The van der Waals surface area contributed by atoms with Crippen LogP contribution >= 0.6 is 0 Å². The van der Waals surface area contributed by atoms with Crippen molar-refractivity contribution < 1.29 is 93.6 Å². The number of nitrogens with two attached hydrogens (primary N) is 1. The van der Waals surface area contributed by atoms with Gasteiger partial charge < -0.3 is 102 Å². The molecule has 4 aliphatic carbocycles. The molecule has 4 aromatic carbocycles. The van der Waals surface area contributed by atoms with Gasteiger partial charge in [-0.05, 0) is 166 Å². The highest BCUT2D eigenvalue weighted by molar-refractivity contribution is 5.84. The number of urea groups is 4. The minimum Gasteiger partial charge on any atom is -0.479 e. The maximum Gasteiger partial charge on any atom is 0.335 e. The van der Waals surface area contributed by atoms with Crippen molar-refractivity contribution in [3.05, 3.63) is 178 Å². The van der Waals surface area contributed by atoms with Crippen LogP contribution in [0.3, 0.4) is 0 Å². The zero-order valence-corrected chi connectivity index (χ0v) is 78.2. The summed E-state index contributed by atoms with van der Waals surface area (Å²) in [7, 11) is 14.5. The second kappa shape index (κ2) is 47.0. The fourth-order valence-corrected chi connectivity index (χ4v) is 22.1. The van der Waals surface area contributed by atoms with E-state index >= 15 is 0 Å². The fourth-order valence-electron chi connectivity index (χ4n) is 22.1. The Labute approximate surface area is 784 Å². The molecule has 4 aromatic rings. The van der Waals surface area contributed by atoms with Crippen molar-refractivity contribution >= 4 is 65.7 Å². The van der Waals surface area contributed by atoms with Crippen LogP contribution < -0.4 is 21.7 Å². The van der Waals surface area contributed by atoms with Gasteiger partial charge in [0, 0.05) is 170 Å². The van der Waals surface area contributed by atoms with Crippen LogP contribution in [0, 0.1) is 67.1 Å². The Morgan fingerprint density at radius 3 is 0.724 bits per heavy atom. The predicted octanol–water partition coefficient (Wildman–Crippen LogP) is 5.05. The number of likely N-dealkylation sites (tertiary alicyclic amines) is 7. The first-order chi connectivity index (χ1) is 63.6. The van der Waals surface area contributed by atoms with Gasteiger partial charge in [0.1, 0.15) is 0 Å². The van der Waals surface area contributed by atoms with Crippen molar-refractivity contribution in [1.82, 2.24) is 69.8 Å². The van der Waals surface area contributed by atoms with E-state index in [4.69, 9.17) is 66.3 Å². The smallest absolute Gasteiger partial charge is 0.335 e. The molecule has 7 aliphatic heterocycles. The van der Waals surface area contributed by atoms with E-state index in [1.807, 2.05) is 58.0 Å². The van der Waals surface area contributed by atoms with E-state index < -0.39 is 48.3 Å². The second-order valence-corrected chi connectivity index (χ2v) is 39.1. The standard InChI is InChI=1S/3C24H33N5O2.C17H25N3O.2C4H6O6/c3*1-25-21-10-7-11-29(21)22(30)15-26-24(12-18-8-5-4-6-9-18)13-19-16-28(17-20(19)14-24)23(31)27(2)3;1-19(2)16(21)20-11-14-9-17(18,10-15(14)12-20)8-13-6-4-3-5-7-13;2*5-1(3(7)8)2(6)4(9)10/h3*4-6,8-9,19-21,26H,7,10-17H2,2-3H3;3-7,14-15H,8-12,18H2,1-2H3;2*1-2,5-6H,(H,7,8)(H,9,10)/t3*19-,20+,21-,24?;14-,15+,17?;;/m000.../s1. The Morgan fingerprint density at radius 2 is 0.537 bits per heavy atom. The SMILES string of the molecule is CN(C)C(=O)N1C[C@@H]2CC(N)(Cc3ccccc3)C[C@@H]2C1.O=C(O)C(O)C(O)C(=O)O.O=C(O)C(O)C(O)C(=O)O.[C-]#[N+][C@@H]1CCCN1C(=O)CNC1(Cc2ccccc2)C[C@H]2CN(C(=O)N(C)C)C[C@H]2C1.[C-]#[N+][C@@H]1CCCN1C(=O)CNC1(Cc2ccccc2)C[C@H]2CN(C(=O)N(C)C)C[C@H]2C1.[C-]#[N+][C@@H]1CCCN1C(=O)CNC1(Cc2ccccc2)C[C@H]2CN(C(=O)N(C)C)C[C@H]2C1. The minimum atomic E-state index is -2.27. The van der Waals surface area contributed by atoms with E-state index in [0.29, 0.717) is 67.0 Å². The van der Waals surface area contributed by atoms with Gasteiger partial charge >= 0.3 is 66.5 Å². The van der Waals surface area contributed by atoms with Gasteiger partial charge in [-0.2, -0.15) is 0 Å². The van der Waals surface area contributed by atoms with Crippen molar-refractivity contribution in [2.24, 2.45) is 53.1 Å². The first kappa shape index (κ1) is 104. The van der Waals surface area contributed by atoms with Gasteiger partial charge in [0.25, 0.3) is 0 Å². The zero-order chi connectivity index (χ0) is 97.7. The average molecular weight is 1860 g/mol. The molecule has 7 saturated heterocycles. The maximum atomic E-state index is 12.9. The van der Waals surface area contributed by atoms with Crippen LogP contribution in [-0.2, 0) is 59.2 Å². The highest BCUT2D eigenvalue weighted by Gasteiger charge is 2.55. The summed E-state index contributed by atoms with van der Waals surface area (Å²) in [6.45, 7) is 31.4. The molecule has 0 spiro atoms. The first-order valence-corrected chi connectivity index (χ1v) is 46.3. The molecule has 15 rings (SSSR count). The number of aliphatic hydroxyl groups excluding tert-OH is 4. The van der Waals surface area contributed by atoms with Gasteiger partial charge in [-0.25, -0.2) is 58.1 Å². The number of hydrogen-bond donors (Lipinski definition) is 12. The molecular weight excluding hydrogens is 1720 g/mol. The van der Waals surface area contributed by atoms with Crippen molar-refractivity contribution in [3.8, 4) is 0 Å². The van der Waals surface area contributed by atoms with E-state index in [0.717, 1.165) is 168 Å². The van der Waals surface area contributed by atoms with Gasteiger partial charge in [-0.1, -0.05) is 121 Å². The van der Waals surface area contributed by atoms with E-state index in [2.05, 4.69) is 128 Å². The largest absolute Gasteiger partial charge is 0.479 e. The molecule has 11 aliphatic rings. The van der Waals surface area contributed by atoms with E-state index in [1.165, 1.54) is 22.3 Å². The van der Waals surface area contributed by atoms with Crippen molar-refractivity contribution in [2.45, 2.75) is 181 Å². The molecule has 37 heteroatoms. The third kappa shape index (κ3) is 27.4. The number of aliphatic carboxylic acids is 4. The molecule has 37 nitrogen and oxygen atoms in total. The highest BCUT2D eigenvalue weighted by atomic mass is 16.4. The topological polar surface area (TPSA) is 460 Å². The molecule has 7 heterocycles. The Kier molecular flexibility index (Phi) is 36.7. The number of amides is 11. The summed E-state index contributed by atoms with van der Waals surface area (Å²) in [5, 5.41) is 76.0. The van der Waals surface area contributed by atoms with Gasteiger partial charge in [0.05, 0.1) is 19.6 Å². The summed E-state index contributed by atoms with van der Waals surface area (Å²) in [6.07, 6.45) is 6.53. The summed E-state index contributed by atoms with van der Waals surface area (Å²) in [4.78, 5) is 158. The van der Waals surface area contributed by atoms with Crippen LogP contribution in [0.15, 0.2) is 121 Å². The van der Waals surface area contributed by atoms with Crippen LogP contribution in [0.5, 0.6) is 0 Å². The zero-order valence-electron chi connectivity index (χ0n) is 78.2. The first-order valence-electron chi connectivity index (χ1n) is 46.3. The van der Waals surface area contributed by atoms with Crippen molar-refractivity contribution in [3.63, 3.8) is 0 Å². The molecule has 8 unspecified atom stereocenters. The van der Waals surface area contributed by atoms with Crippen LogP contribution in [0.2, 0.25) is 0 Å². The van der Waals surface area contributed by atoms with Crippen molar-refractivity contribution in [1.29, 1.82) is 0 Å². The molecule has 728 valence electrons. The lowest BCUT2D eigenvalue weighted by Gasteiger charge is -2.34. The normalized spacial score (nSPS) is 27.8. The number of benzene rings is 4. The van der Waals surface area contributed by atoms with E-state index in [-0.39, 0.29) is 102 Å². The summed E-state index contributed by atoms with van der Waals surface area (Å²) >= 11 is 0. The molecule has 4 saturated carbocycles. The molecule has 0 bridgehead atoms. The molecular formula is C97H136N18O19. The molecule has 11 amide bonds. The summed E-state index contributed by atoms with van der Waals surface area (Å²) in [6, 6.07) is 42.3. The summed E-state index contributed by atoms with van der Waals surface area (Å²) in [5.74, 6) is -3.09.